The molecule has 1 unspecified atom stereocenters. The monoisotopic (exact) mass is 412 g/mol. The largest absolute Gasteiger partial charge is 0.386 e. The van der Waals surface area contributed by atoms with Crippen LogP contribution in [0, 0.1) is 11.6 Å². The molecule has 1 aromatic carbocycles. The van der Waals surface area contributed by atoms with Crippen LogP contribution in [0.1, 0.15) is 44.7 Å². The molecule has 28 heavy (non-hydrogen) atoms. The van der Waals surface area contributed by atoms with E-state index < -0.39 is 37.5 Å². The highest BCUT2D eigenvalue weighted by molar-refractivity contribution is 8.02. The van der Waals surface area contributed by atoms with E-state index in [0.29, 0.717) is 18.6 Å². The predicted octanol–water partition coefficient (Wildman–Crippen LogP) is 2.34. The van der Waals surface area contributed by atoms with Crippen LogP contribution < -0.4 is 5.73 Å². The van der Waals surface area contributed by atoms with E-state index in [-0.39, 0.29) is 29.4 Å². The van der Waals surface area contributed by atoms with E-state index >= 15 is 0 Å². The number of benzene rings is 1. The number of ketones is 1. The summed E-state index contributed by atoms with van der Waals surface area (Å²) in [7, 11) is -2.78. The number of hydrogen-bond acceptors (Lipinski definition) is 5. The van der Waals surface area contributed by atoms with Crippen LogP contribution in [0.5, 0.6) is 0 Å². The van der Waals surface area contributed by atoms with Crippen molar-refractivity contribution in [3.8, 4) is 0 Å². The summed E-state index contributed by atoms with van der Waals surface area (Å²) < 4.78 is 46.6. The number of amidine groups is 1. The summed E-state index contributed by atoms with van der Waals surface area (Å²) in [6.07, 6.45) is 0.857. The molecule has 3 atom stereocenters. The Bertz CT molecular complexity index is 950. The summed E-state index contributed by atoms with van der Waals surface area (Å²) in [5.74, 6) is 1.48. The SMILES string of the molecule is C=S1(=O)C[C@@](C)(c2cc(CC(=O)[C@H]3CCCO3)cc(F)c2F)N=C(N)C1(C)C. The Morgan fingerprint density at radius 2 is 2.07 bits per heavy atom. The number of carbonyl (C=O) groups is 1. The van der Waals surface area contributed by atoms with Gasteiger partial charge in [0, 0.05) is 24.3 Å². The second-order valence-electron chi connectivity index (χ2n) is 8.32. The van der Waals surface area contributed by atoms with Gasteiger partial charge in [0.15, 0.2) is 17.4 Å². The minimum atomic E-state index is -2.78. The first-order chi connectivity index (χ1) is 12.9. The third-order valence-electron chi connectivity index (χ3n) is 5.76. The van der Waals surface area contributed by atoms with E-state index in [0.717, 1.165) is 12.5 Å². The van der Waals surface area contributed by atoms with Gasteiger partial charge in [-0.3, -0.25) is 14.0 Å². The molecule has 2 heterocycles. The maximum atomic E-state index is 14.7. The van der Waals surface area contributed by atoms with Gasteiger partial charge in [0.2, 0.25) is 0 Å². The molecular formula is C20H26F2N2O3S. The maximum absolute atomic E-state index is 14.7. The highest BCUT2D eigenvalue weighted by Gasteiger charge is 2.46. The Hall–Kier alpha value is -1.80. The third kappa shape index (κ3) is 3.48. The molecule has 2 N–H and O–H groups in total. The number of nitrogens with zero attached hydrogens (tertiary/aromatic N) is 1. The zero-order valence-corrected chi connectivity index (χ0v) is 17.2. The summed E-state index contributed by atoms with van der Waals surface area (Å²) in [5, 5.41) is 0. The van der Waals surface area contributed by atoms with Gasteiger partial charge in [-0.15, -0.1) is 0 Å². The first-order valence-electron chi connectivity index (χ1n) is 9.20. The van der Waals surface area contributed by atoms with E-state index in [4.69, 9.17) is 10.5 Å². The van der Waals surface area contributed by atoms with Gasteiger partial charge in [0.25, 0.3) is 0 Å². The molecule has 2 aliphatic heterocycles. The molecule has 1 saturated heterocycles. The lowest BCUT2D eigenvalue weighted by molar-refractivity contribution is -0.127. The minimum Gasteiger partial charge on any atom is -0.386 e. The lowest BCUT2D eigenvalue weighted by atomic mass is 9.90. The Balaban J connectivity index is 2.03. The van der Waals surface area contributed by atoms with Crippen LogP contribution >= 0.6 is 0 Å². The molecule has 154 valence electrons. The van der Waals surface area contributed by atoms with E-state index in [1.807, 2.05) is 0 Å². The predicted molar refractivity (Wildman–Crippen MR) is 107 cm³/mol. The third-order valence-corrected chi connectivity index (χ3v) is 8.86. The van der Waals surface area contributed by atoms with Crippen LogP contribution in [0.25, 0.3) is 0 Å². The van der Waals surface area contributed by atoms with Gasteiger partial charge in [-0.2, -0.15) is 0 Å². The van der Waals surface area contributed by atoms with Crippen molar-refractivity contribution < 1.29 is 22.5 Å². The van der Waals surface area contributed by atoms with Gasteiger partial charge in [-0.1, -0.05) is 0 Å². The van der Waals surface area contributed by atoms with Crippen LogP contribution in [0.2, 0.25) is 0 Å². The molecule has 1 aromatic rings. The average Bonchev–Trinajstić information content (AvgIpc) is 3.10. The molecule has 5 nitrogen and oxygen atoms in total. The lowest BCUT2D eigenvalue weighted by Gasteiger charge is -2.41. The van der Waals surface area contributed by atoms with Crippen LogP contribution in [-0.4, -0.2) is 44.9 Å². The first kappa shape index (κ1) is 20.9. The maximum Gasteiger partial charge on any atom is 0.165 e. The van der Waals surface area contributed by atoms with Gasteiger partial charge >= 0.3 is 0 Å². The van der Waals surface area contributed by atoms with Crippen molar-refractivity contribution in [1.82, 2.24) is 0 Å². The van der Waals surface area contributed by atoms with E-state index in [2.05, 4.69) is 10.9 Å². The van der Waals surface area contributed by atoms with Crippen molar-refractivity contribution in [3.63, 3.8) is 0 Å². The number of hydrogen-bond donors (Lipinski definition) is 1. The fourth-order valence-electron chi connectivity index (χ4n) is 3.68. The van der Waals surface area contributed by atoms with Crippen molar-refractivity contribution in [1.29, 1.82) is 0 Å². The van der Waals surface area contributed by atoms with Crippen molar-refractivity contribution in [2.75, 3.05) is 12.4 Å². The Labute approximate surface area is 164 Å². The van der Waals surface area contributed by atoms with Gasteiger partial charge in [-0.25, -0.2) is 8.78 Å². The van der Waals surface area contributed by atoms with E-state index in [1.165, 1.54) is 6.07 Å². The van der Waals surface area contributed by atoms with Crippen molar-refractivity contribution in [3.05, 3.63) is 34.9 Å². The van der Waals surface area contributed by atoms with Crippen molar-refractivity contribution in [2.24, 2.45) is 10.7 Å². The lowest BCUT2D eigenvalue weighted by Crippen LogP contribution is -2.54. The Morgan fingerprint density at radius 3 is 2.64 bits per heavy atom. The van der Waals surface area contributed by atoms with Crippen LogP contribution in [-0.2, 0) is 31.0 Å². The van der Waals surface area contributed by atoms with Crippen LogP contribution in [0.15, 0.2) is 17.1 Å². The number of halogens is 2. The summed E-state index contributed by atoms with van der Waals surface area (Å²) in [4.78, 5) is 16.8. The summed E-state index contributed by atoms with van der Waals surface area (Å²) in [6, 6.07) is 2.42. The molecule has 0 radical (unpaired) electrons. The molecule has 2 aliphatic rings. The molecule has 3 rings (SSSR count). The van der Waals surface area contributed by atoms with Crippen molar-refractivity contribution >= 4 is 27.0 Å². The Kier molecular flexibility index (Phi) is 5.17. The van der Waals surface area contributed by atoms with E-state index in [9.17, 15) is 17.8 Å². The molecule has 0 spiro atoms. The molecule has 8 heteroatoms. The van der Waals surface area contributed by atoms with Crippen LogP contribution in [0.3, 0.4) is 0 Å². The Morgan fingerprint density at radius 1 is 1.39 bits per heavy atom. The molecule has 0 saturated carbocycles. The standard InChI is InChI=1S/C20H26F2N2O3S/c1-19(2)18(23)24-20(3,11-28(19,4)26)13-8-12(9-14(21)17(13)22)10-15(25)16-6-5-7-27-16/h8-9,16H,4-7,10-11H2,1-3H3,(H2,23,24)/t16-,20+,28?/m1/s1. The zero-order valence-electron chi connectivity index (χ0n) is 16.4. The number of rotatable bonds is 4. The summed E-state index contributed by atoms with van der Waals surface area (Å²) in [5.41, 5.74) is 4.95. The molecule has 0 amide bonds. The number of aliphatic imine (C=N–C) groups is 1. The second-order valence-corrected chi connectivity index (χ2v) is 11.3. The van der Waals surface area contributed by atoms with Crippen LogP contribution in [0.4, 0.5) is 8.78 Å². The molecule has 0 bridgehead atoms. The van der Waals surface area contributed by atoms with Gasteiger partial charge in [0.05, 0.1) is 10.3 Å². The molecule has 0 aromatic heterocycles. The van der Waals surface area contributed by atoms with Gasteiger partial charge in [-0.05, 0) is 66.7 Å². The minimum absolute atomic E-state index is 0.0718. The first-order valence-corrected chi connectivity index (χ1v) is 11.1. The molecule has 1 fully saturated rings. The second kappa shape index (κ2) is 6.91. The topological polar surface area (TPSA) is 81.8 Å². The summed E-state index contributed by atoms with van der Waals surface area (Å²) in [6.45, 7) is 5.44. The summed E-state index contributed by atoms with van der Waals surface area (Å²) >= 11 is 0. The molecule has 0 aliphatic carbocycles. The fraction of sp³-hybridized carbons (Fsp3) is 0.550. The quantitative estimate of drug-likeness (QED) is 0.770. The number of Topliss-reactive ketones (excluding diaryl/α,β-unsaturated/α-hetero) is 1. The average molecular weight is 413 g/mol. The van der Waals surface area contributed by atoms with E-state index in [1.54, 1.807) is 20.8 Å². The van der Waals surface area contributed by atoms with Gasteiger partial charge < -0.3 is 10.5 Å². The number of carbonyl (C=O) groups excluding carboxylic acids is 1. The number of nitrogens with two attached hydrogens (primary N) is 1. The highest BCUT2D eigenvalue weighted by Crippen LogP contribution is 2.38. The fourth-order valence-corrected chi connectivity index (χ4v) is 5.60. The normalized spacial score (nSPS) is 32.2. The highest BCUT2D eigenvalue weighted by atomic mass is 32.2. The number of ether oxygens (including phenoxy) is 1. The zero-order chi connectivity index (χ0) is 20.9. The van der Waals surface area contributed by atoms with Crippen molar-refractivity contribution in [2.45, 2.75) is 56.4 Å². The van der Waals surface area contributed by atoms with Gasteiger partial charge in [0.1, 0.15) is 11.9 Å². The molecular weight excluding hydrogens is 386 g/mol. The smallest absolute Gasteiger partial charge is 0.165 e.